The van der Waals surface area contributed by atoms with Gasteiger partial charge in [0.2, 0.25) is 5.88 Å². The first-order valence-electron chi connectivity index (χ1n) is 11.7. The first-order valence-corrected chi connectivity index (χ1v) is 11.7. The summed E-state index contributed by atoms with van der Waals surface area (Å²) in [7, 11) is 0. The van der Waals surface area contributed by atoms with Gasteiger partial charge in [-0.15, -0.1) is 0 Å². The van der Waals surface area contributed by atoms with Crippen LogP contribution < -0.4 is 5.56 Å². The number of amides is 1. The van der Waals surface area contributed by atoms with Crippen LogP contribution in [0.15, 0.2) is 65.5 Å². The second-order valence-electron chi connectivity index (χ2n) is 8.74. The second-order valence-corrected chi connectivity index (χ2v) is 8.74. The minimum absolute atomic E-state index is 0.222. The van der Waals surface area contributed by atoms with Crippen molar-refractivity contribution in [2.45, 2.75) is 51.5 Å². The molecule has 6 nitrogen and oxygen atoms in total. The molecular weight excluding hydrogens is 414 g/mol. The van der Waals surface area contributed by atoms with Gasteiger partial charge in [0.15, 0.2) is 5.56 Å². The summed E-state index contributed by atoms with van der Waals surface area (Å²) >= 11 is 0. The van der Waals surface area contributed by atoms with Crippen LogP contribution >= 0.6 is 0 Å². The highest BCUT2D eigenvalue weighted by Crippen LogP contribution is 2.29. The number of likely N-dealkylation sites (tertiary alicyclic amines) is 1. The van der Waals surface area contributed by atoms with Gasteiger partial charge in [-0.3, -0.25) is 14.2 Å². The summed E-state index contributed by atoms with van der Waals surface area (Å²) in [6, 6.07) is 19.5. The van der Waals surface area contributed by atoms with Crippen LogP contribution in [-0.4, -0.2) is 38.6 Å². The maximum Gasteiger partial charge on any atom is 0.270 e. The summed E-state index contributed by atoms with van der Waals surface area (Å²) in [5.74, 6) is -0.175. The molecule has 1 aliphatic rings. The van der Waals surface area contributed by atoms with Gasteiger partial charge in [-0.1, -0.05) is 74.0 Å². The lowest BCUT2D eigenvalue weighted by atomic mass is 9.99. The minimum atomic E-state index is -0.474. The van der Waals surface area contributed by atoms with Crippen molar-refractivity contribution in [2.24, 2.45) is 0 Å². The molecule has 0 unspecified atom stereocenters. The molecule has 0 bridgehead atoms. The number of aromatic nitrogens is 2. The van der Waals surface area contributed by atoms with E-state index in [1.54, 1.807) is 9.47 Å². The molecule has 0 spiro atoms. The summed E-state index contributed by atoms with van der Waals surface area (Å²) < 4.78 is 1.59. The number of hydrogen-bond acceptors (Lipinski definition) is 4. The molecule has 1 amide bonds. The van der Waals surface area contributed by atoms with Crippen molar-refractivity contribution in [2.75, 3.05) is 13.1 Å². The van der Waals surface area contributed by atoms with E-state index in [2.05, 4.69) is 24.0 Å². The van der Waals surface area contributed by atoms with Gasteiger partial charge < -0.3 is 10.0 Å². The Morgan fingerprint density at radius 2 is 1.79 bits per heavy atom. The molecule has 2 atom stereocenters. The van der Waals surface area contributed by atoms with Crippen LogP contribution in [0, 0.1) is 0 Å². The molecule has 6 heteroatoms. The number of aromatic hydroxyl groups is 1. The quantitative estimate of drug-likeness (QED) is 0.580. The molecule has 2 heterocycles. The largest absolute Gasteiger partial charge is 0.493 e. The van der Waals surface area contributed by atoms with Crippen molar-refractivity contribution in [1.29, 1.82) is 0 Å². The van der Waals surface area contributed by atoms with E-state index in [1.807, 2.05) is 55.5 Å². The van der Waals surface area contributed by atoms with E-state index in [0.29, 0.717) is 25.3 Å². The number of unbranched alkanes of at least 4 members (excludes halogenated alkanes) is 1. The minimum Gasteiger partial charge on any atom is -0.493 e. The summed E-state index contributed by atoms with van der Waals surface area (Å²) in [5, 5.41) is 10.7. The van der Waals surface area contributed by atoms with E-state index in [1.165, 1.54) is 5.56 Å². The maximum atomic E-state index is 13.7. The van der Waals surface area contributed by atoms with Crippen molar-refractivity contribution < 1.29 is 9.90 Å². The van der Waals surface area contributed by atoms with Gasteiger partial charge in [-0.2, -0.15) is 4.98 Å². The number of aryl methyl sites for hydroxylation is 1. The molecule has 2 aromatic carbocycles. The second kappa shape index (κ2) is 10.0. The van der Waals surface area contributed by atoms with Crippen LogP contribution in [0.3, 0.4) is 0 Å². The molecule has 3 aromatic rings. The Balaban J connectivity index is 1.70. The molecule has 1 saturated heterocycles. The van der Waals surface area contributed by atoms with Gasteiger partial charge in [-0.05, 0) is 30.9 Å². The lowest BCUT2D eigenvalue weighted by Gasteiger charge is -2.22. The summed E-state index contributed by atoms with van der Waals surface area (Å²) in [4.78, 5) is 33.1. The maximum absolute atomic E-state index is 13.7. The molecule has 0 aliphatic carbocycles. The lowest BCUT2D eigenvalue weighted by molar-refractivity contribution is 0.0783. The fourth-order valence-electron chi connectivity index (χ4n) is 4.64. The van der Waals surface area contributed by atoms with Gasteiger partial charge in [0, 0.05) is 25.4 Å². The van der Waals surface area contributed by atoms with Crippen LogP contribution in [-0.2, 0) is 6.42 Å². The highest BCUT2D eigenvalue weighted by Gasteiger charge is 2.33. The van der Waals surface area contributed by atoms with E-state index in [-0.39, 0.29) is 17.5 Å². The Labute approximate surface area is 194 Å². The average molecular weight is 446 g/mol. The molecule has 0 radical (unpaired) electrons. The van der Waals surface area contributed by atoms with Crippen molar-refractivity contribution in [3.05, 3.63) is 93.5 Å². The Bertz CT molecular complexity index is 1160. The number of nitrogens with zero attached hydrogens (tertiary/aromatic N) is 3. The van der Waals surface area contributed by atoms with Crippen molar-refractivity contribution in [1.82, 2.24) is 14.5 Å². The van der Waals surface area contributed by atoms with Crippen LogP contribution in [0.2, 0.25) is 0 Å². The van der Waals surface area contributed by atoms with E-state index < -0.39 is 17.3 Å². The van der Waals surface area contributed by atoms with Crippen LogP contribution in [0.4, 0.5) is 0 Å². The fourth-order valence-corrected chi connectivity index (χ4v) is 4.64. The first kappa shape index (κ1) is 22.8. The van der Waals surface area contributed by atoms with E-state index in [9.17, 15) is 14.7 Å². The number of hydrogen-bond donors (Lipinski definition) is 1. The highest BCUT2D eigenvalue weighted by molar-refractivity contribution is 5.96. The molecule has 172 valence electrons. The third kappa shape index (κ3) is 4.70. The Hall–Kier alpha value is -3.41. The predicted octanol–water partition coefficient (Wildman–Crippen LogP) is 4.53. The van der Waals surface area contributed by atoms with Gasteiger partial charge >= 0.3 is 0 Å². The van der Waals surface area contributed by atoms with Crippen molar-refractivity contribution in [3.8, 4) is 5.88 Å². The topological polar surface area (TPSA) is 75.4 Å². The predicted molar refractivity (Wildman–Crippen MR) is 129 cm³/mol. The van der Waals surface area contributed by atoms with Crippen LogP contribution in [0.5, 0.6) is 5.88 Å². The van der Waals surface area contributed by atoms with E-state index in [0.717, 1.165) is 24.8 Å². The zero-order valence-electron chi connectivity index (χ0n) is 19.3. The molecule has 1 N–H and O–H groups in total. The number of benzene rings is 2. The van der Waals surface area contributed by atoms with E-state index >= 15 is 0 Å². The summed E-state index contributed by atoms with van der Waals surface area (Å²) in [5.41, 5.74) is 1.43. The highest BCUT2D eigenvalue weighted by atomic mass is 16.3. The Morgan fingerprint density at radius 1 is 1.12 bits per heavy atom. The fraction of sp³-hybridized carbons (Fsp3) is 0.370. The molecule has 4 rings (SSSR count). The molecule has 33 heavy (non-hydrogen) atoms. The Morgan fingerprint density at radius 3 is 2.45 bits per heavy atom. The van der Waals surface area contributed by atoms with Crippen molar-refractivity contribution in [3.63, 3.8) is 0 Å². The molecular formula is C27H31N3O3. The van der Waals surface area contributed by atoms with Gasteiger partial charge in [-0.25, -0.2) is 0 Å². The van der Waals surface area contributed by atoms with Gasteiger partial charge in [0.05, 0.1) is 6.04 Å². The molecule has 0 saturated carbocycles. The molecule has 1 aliphatic heterocycles. The standard InChI is InChI=1S/C27H31N3O3/c1-3-4-15-23-28-25(31)24(27(33)30(23)19(2)20-11-7-5-8-12-20)26(32)29-17-16-22(18-29)21-13-9-6-10-14-21/h5-14,19,22,31H,3-4,15-18H2,1-2H3/t19-,22+/m0/s1. The zero-order valence-corrected chi connectivity index (χ0v) is 19.3. The first-order chi connectivity index (χ1) is 16.0. The van der Waals surface area contributed by atoms with E-state index in [4.69, 9.17) is 0 Å². The van der Waals surface area contributed by atoms with Gasteiger partial charge in [0.25, 0.3) is 11.5 Å². The third-order valence-corrected chi connectivity index (χ3v) is 6.55. The number of carbonyl (C=O) groups excluding carboxylic acids is 1. The van der Waals surface area contributed by atoms with Crippen LogP contribution in [0.25, 0.3) is 0 Å². The van der Waals surface area contributed by atoms with Crippen molar-refractivity contribution >= 4 is 5.91 Å². The van der Waals surface area contributed by atoms with Gasteiger partial charge in [0.1, 0.15) is 5.82 Å². The SMILES string of the molecule is CCCCc1nc(O)c(C(=O)N2CC[C@@H](c3ccccc3)C2)c(=O)n1[C@@H](C)c1ccccc1. The molecule has 1 fully saturated rings. The Kier molecular flexibility index (Phi) is 6.92. The zero-order chi connectivity index (χ0) is 23.4. The normalized spacial score (nSPS) is 16.7. The number of rotatable bonds is 7. The third-order valence-electron chi connectivity index (χ3n) is 6.55. The summed E-state index contributed by atoms with van der Waals surface area (Å²) in [6.45, 7) is 5.06. The molecule has 1 aromatic heterocycles. The lowest BCUT2D eigenvalue weighted by Crippen LogP contribution is -2.38. The monoisotopic (exact) mass is 445 g/mol. The smallest absolute Gasteiger partial charge is 0.270 e. The number of carbonyl (C=O) groups is 1. The van der Waals surface area contributed by atoms with Crippen LogP contribution in [0.1, 0.15) is 72.4 Å². The summed E-state index contributed by atoms with van der Waals surface area (Å²) in [6.07, 6.45) is 3.16. The average Bonchev–Trinajstić information content (AvgIpc) is 3.34.